The third-order valence-electron chi connectivity index (χ3n) is 3.96. The molecule has 0 saturated heterocycles. The Morgan fingerprint density at radius 3 is 2.45 bits per heavy atom. The average Bonchev–Trinajstić information content (AvgIpc) is 2.43. The van der Waals surface area contributed by atoms with Crippen LogP contribution >= 0.6 is 0 Å². The molecule has 0 heterocycles. The molecule has 6 nitrogen and oxygen atoms in total. The summed E-state index contributed by atoms with van der Waals surface area (Å²) < 4.78 is 32.3. The van der Waals surface area contributed by atoms with Gasteiger partial charge in [0, 0.05) is 20.1 Å². The van der Waals surface area contributed by atoms with Gasteiger partial charge in [0.1, 0.15) is 0 Å². The monoisotopic (exact) mass is 306 g/mol. The minimum Gasteiger partial charge on any atom is -0.469 e. The highest BCUT2D eigenvalue weighted by atomic mass is 32.2. The van der Waals surface area contributed by atoms with Gasteiger partial charge in [-0.1, -0.05) is 19.8 Å². The number of ether oxygens (including phenoxy) is 1. The fourth-order valence-corrected chi connectivity index (χ4v) is 3.34. The van der Waals surface area contributed by atoms with Crippen molar-refractivity contribution in [2.24, 2.45) is 11.8 Å². The van der Waals surface area contributed by atoms with E-state index >= 15 is 0 Å². The summed E-state index contributed by atoms with van der Waals surface area (Å²) in [5, 5.41) is 0. The summed E-state index contributed by atoms with van der Waals surface area (Å²) >= 11 is 0. The Hall–Kier alpha value is -0.660. The smallest absolute Gasteiger partial charge is 0.306 e. The first-order chi connectivity index (χ1) is 9.35. The maximum Gasteiger partial charge on any atom is 0.306 e. The number of nitrogens with zero attached hydrogens (tertiary/aromatic N) is 1. The minimum absolute atomic E-state index is 0.0643. The standard InChI is InChI=1S/C13H26N2O4S/c1-11-4-6-12(7-5-11)10-14-20(17,18)15(2)9-8-13(16)19-3/h11-12,14H,4-10H2,1-3H3. The van der Waals surface area contributed by atoms with Crippen molar-refractivity contribution in [2.45, 2.75) is 39.0 Å². The number of carbonyl (C=O) groups is 1. The van der Waals surface area contributed by atoms with E-state index in [9.17, 15) is 13.2 Å². The minimum atomic E-state index is -3.50. The van der Waals surface area contributed by atoms with Crippen LogP contribution in [0.25, 0.3) is 0 Å². The lowest BCUT2D eigenvalue weighted by Gasteiger charge is -2.27. The first-order valence-electron chi connectivity index (χ1n) is 7.13. The zero-order valence-electron chi connectivity index (χ0n) is 12.6. The first kappa shape index (κ1) is 17.4. The SMILES string of the molecule is COC(=O)CCN(C)S(=O)(=O)NCC1CCC(C)CC1. The molecule has 118 valence electrons. The van der Waals surface area contributed by atoms with E-state index in [1.54, 1.807) is 0 Å². The Kier molecular flexibility index (Phi) is 6.91. The normalized spacial score (nSPS) is 23.8. The second kappa shape index (κ2) is 7.95. The highest BCUT2D eigenvalue weighted by Gasteiger charge is 2.22. The molecule has 0 amide bonds. The van der Waals surface area contributed by atoms with E-state index in [1.165, 1.54) is 27.0 Å². The van der Waals surface area contributed by atoms with Crippen LogP contribution in [0.4, 0.5) is 0 Å². The van der Waals surface area contributed by atoms with Crippen LogP contribution in [0.1, 0.15) is 39.0 Å². The van der Waals surface area contributed by atoms with Crippen molar-refractivity contribution in [1.29, 1.82) is 0 Å². The van der Waals surface area contributed by atoms with Gasteiger partial charge in [0.15, 0.2) is 0 Å². The van der Waals surface area contributed by atoms with Crippen LogP contribution in [0.3, 0.4) is 0 Å². The van der Waals surface area contributed by atoms with Crippen LogP contribution < -0.4 is 4.72 Å². The number of hydrogen-bond acceptors (Lipinski definition) is 4. The Labute approximate surface area is 122 Å². The molecule has 0 aromatic carbocycles. The van der Waals surface area contributed by atoms with Crippen molar-refractivity contribution < 1.29 is 17.9 Å². The quantitative estimate of drug-likeness (QED) is 0.716. The van der Waals surface area contributed by atoms with Gasteiger partial charge in [0.25, 0.3) is 10.2 Å². The fourth-order valence-electron chi connectivity index (χ4n) is 2.34. The molecular formula is C13H26N2O4S. The maximum absolute atomic E-state index is 12.0. The molecule has 0 unspecified atom stereocenters. The lowest BCUT2D eigenvalue weighted by atomic mass is 9.83. The molecule has 0 spiro atoms. The summed E-state index contributed by atoms with van der Waals surface area (Å²) in [7, 11) is -0.744. The second-order valence-corrected chi connectivity index (χ2v) is 7.49. The second-order valence-electron chi connectivity index (χ2n) is 5.63. The first-order valence-corrected chi connectivity index (χ1v) is 8.57. The van der Waals surface area contributed by atoms with Crippen LogP contribution in [0.5, 0.6) is 0 Å². The van der Waals surface area contributed by atoms with Gasteiger partial charge < -0.3 is 4.74 Å². The Balaban J connectivity index is 2.34. The number of methoxy groups -OCH3 is 1. The zero-order valence-corrected chi connectivity index (χ0v) is 13.4. The summed E-state index contributed by atoms with van der Waals surface area (Å²) in [5.41, 5.74) is 0. The van der Waals surface area contributed by atoms with E-state index in [0.717, 1.165) is 23.1 Å². The third-order valence-corrected chi connectivity index (χ3v) is 5.49. The van der Waals surface area contributed by atoms with Crippen molar-refractivity contribution in [1.82, 2.24) is 9.03 Å². The number of nitrogens with one attached hydrogen (secondary N) is 1. The molecule has 0 aliphatic heterocycles. The molecular weight excluding hydrogens is 280 g/mol. The lowest BCUT2D eigenvalue weighted by molar-refractivity contribution is -0.140. The van der Waals surface area contributed by atoms with Crippen molar-refractivity contribution in [2.75, 3.05) is 27.2 Å². The molecule has 20 heavy (non-hydrogen) atoms. The van der Waals surface area contributed by atoms with E-state index in [-0.39, 0.29) is 13.0 Å². The van der Waals surface area contributed by atoms with E-state index in [2.05, 4.69) is 16.4 Å². The lowest BCUT2D eigenvalue weighted by Crippen LogP contribution is -2.41. The summed E-state index contributed by atoms with van der Waals surface area (Å²) in [5.74, 6) is 0.772. The van der Waals surface area contributed by atoms with Crippen molar-refractivity contribution in [3.8, 4) is 0 Å². The molecule has 1 N–H and O–H groups in total. The van der Waals surface area contributed by atoms with Gasteiger partial charge in [0.05, 0.1) is 13.5 Å². The van der Waals surface area contributed by atoms with E-state index in [4.69, 9.17) is 0 Å². The largest absolute Gasteiger partial charge is 0.469 e. The van der Waals surface area contributed by atoms with E-state index < -0.39 is 16.2 Å². The molecule has 7 heteroatoms. The molecule has 1 fully saturated rings. The van der Waals surface area contributed by atoms with Crippen LogP contribution in [-0.2, 0) is 19.7 Å². The van der Waals surface area contributed by atoms with E-state index in [1.807, 2.05) is 0 Å². The van der Waals surface area contributed by atoms with Crippen LogP contribution in [0.2, 0.25) is 0 Å². The molecule has 1 saturated carbocycles. The van der Waals surface area contributed by atoms with Gasteiger partial charge >= 0.3 is 5.97 Å². The Morgan fingerprint density at radius 1 is 1.30 bits per heavy atom. The Morgan fingerprint density at radius 2 is 1.90 bits per heavy atom. The molecule has 0 atom stereocenters. The van der Waals surface area contributed by atoms with Crippen molar-refractivity contribution in [3.63, 3.8) is 0 Å². The van der Waals surface area contributed by atoms with Gasteiger partial charge in [-0.15, -0.1) is 0 Å². The van der Waals surface area contributed by atoms with Gasteiger partial charge in [-0.2, -0.15) is 12.7 Å². The molecule has 1 rings (SSSR count). The summed E-state index contributed by atoms with van der Waals surface area (Å²) in [4.78, 5) is 11.0. The van der Waals surface area contributed by atoms with Gasteiger partial charge in [0.2, 0.25) is 0 Å². The summed E-state index contributed by atoms with van der Waals surface area (Å²) in [6.07, 6.45) is 4.56. The van der Waals surface area contributed by atoms with Crippen LogP contribution in [-0.4, -0.2) is 45.9 Å². The molecule has 1 aliphatic rings. The van der Waals surface area contributed by atoms with E-state index in [0.29, 0.717) is 12.5 Å². The van der Waals surface area contributed by atoms with Gasteiger partial charge in [-0.05, 0) is 24.7 Å². The number of esters is 1. The molecule has 0 bridgehead atoms. The van der Waals surface area contributed by atoms with Gasteiger partial charge in [-0.3, -0.25) is 4.79 Å². The van der Waals surface area contributed by atoms with Crippen molar-refractivity contribution in [3.05, 3.63) is 0 Å². The van der Waals surface area contributed by atoms with Crippen LogP contribution in [0.15, 0.2) is 0 Å². The average molecular weight is 306 g/mol. The molecule has 0 aromatic rings. The fraction of sp³-hybridized carbons (Fsp3) is 0.923. The predicted molar refractivity (Wildman–Crippen MR) is 77.3 cm³/mol. The van der Waals surface area contributed by atoms with Crippen molar-refractivity contribution >= 4 is 16.2 Å². The Bertz CT molecular complexity index is 403. The summed E-state index contributed by atoms with van der Waals surface area (Å²) in [6, 6.07) is 0. The number of rotatable bonds is 7. The third kappa shape index (κ3) is 5.76. The zero-order chi connectivity index (χ0) is 15.2. The molecule has 0 aromatic heterocycles. The molecule has 1 aliphatic carbocycles. The van der Waals surface area contributed by atoms with Gasteiger partial charge in [-0.25, -0.2) is 4.72 Å². The number of carbonyl (C=O) groups excluding carboxylic acids is 1. The molecule has 0 radical (unpaired) electrons. The highest BCUT2D eigenvalue weighted by molar-refractivity contribution is 7.87. The van der Waals surface area contributed by atoms with Crippen LogP contribution in [0, 0.1) is 11.8 Å². The number of hydrogen-bond donors (Lipinski definition) is 1. The topological polar surface area (TPSA) is 75.7 Å². The summed E-state index contributed by atoms with van der Waals surface area (Å²) in [6.45, 7) is 2.85. The predicted octanol–water partition coefficient (Wildman–Crippen LogP) is 1.14. The highest BCUT2D eigenvalue weighted by Crippen LogP contribution is 2.27. The maximum atomic E-state index is 12.0.